The molecule has 0 spiro atoms. The summed E-state index contributed by atoms with van der Waals surface area (Å²) in [4.78, 5) is 29.9. The van der Waals surface area contributed by atoms with E-state index in [0.29, 0.717) is 49.0 Å². The molecule has 3 aromatic rings. The molecule has 2 aromatic heterocycles. The molecule has 1 fully saturated rings. The van der Waals surface area contributed by atoms with Crippen molar-refractivity contribution in [3.05, 3.63) is 48.4 Å². The van der Waals surface area contributed by atoms with E-state index >= 15 is 0 Å². The first kappa shape index (κ1) is 20.2. The summed E-state index contributed by atoms with van der Waals surface area (Å²) in [5, 5.41) is 15.0. The predicted octanol–water partition coefficient (Wildman–Crippen LogP) is 3.62. The van der Waals surface area contributed by atoms with Crippen molar-refractivity contribution >= 4 is 29.1 Å². The molecule has 1 aliphatic rings. The molecular weight excluding hydrogens is 398 g/mol. The first-order valence-electron chi connectivity index (χ1n) is 9.92. The number of piperidine rings is 1. The number of aromatic nitrogens is 1. The molecule has 0 radical (unpaired) electrons. The lowest BCUT2D eigenvalue weighted by Crippen LogP contribution is -2.38. The van der Waals surface area contributed by atoms with Gasteiger partial charge in [0, 0.05) is 37.3 Å². The van der Waals surface area contributed by atoms with Crippen LogP contribution in [0.3, 0.4) is 0 Å². The molecule has 158 valence electrons. The number of amides is 2. The number of anilines is 3. The van der Waals surface area contributed by atoms with Crippen LogP contribution in [0.2, 0.25) is 0 Å². The van der Waals surface area contributed by atoms with Crippen molar-refractivity contribution in [2.75, 3.05) is 28.6 Å². The molecule has 9 heteroatoms. The van der Waals surface area contributed by atoms with E-state index in [0.717, 1.165) is 0 Å². The minimum absolute atomic E-state index is 0.0544. The number of hydrogen-bond acceptors (Lipinski definition) is 7. The van der Waals surface area contributed by atoms with E-state index < -0.39 is 0 Å². The maximum absolute atomic E-state index is 12.7. The third-order valence-corrected chi connectivity index (χ3v) is 5.07. The van der Waals surface area contributed by atoms with Gasteiger partial charge < -0.3 is 24.4 Å². The van der Waals surface area contributed by atoms with Gasteiger partial charge in [-0.3, -0.25) is 9.59 Å². The maximum Gasteiger partial charge on any atom is 0.266 e. The molecule has 0 aliphatic carbocycles. The van der Waals surface area contributed by atoms with Gasteiger partial charge in [0.05, 0.1) is 6.26 Å². The van der Waals surface area contributed by atoms with Crippen LogP contribution in [0.25, 0.3) is 11.7 Å². The molecule has 9 nitrogen and oxygen atoms in total. The lowest BCUT2D eigenvalue weighted by molar-refractivity contribution is -0.120. The Morgan fingerprint density at radius 3 is 2.39 bits per heavy atom. The van der Waals surface area contributed by atoms with Crippen LogP contribution in [-0.4, -0.2) is 29.9 Å². The summed E-state index contributed by atoms with van der Waals surface area (Å²) in [5.41, 5.74) is 1.55. The molecule has 0 bridgehead atoms. The zero-order chi connectivity index (χ0) is 21.8. The summed E-state index contributed by atoms with van der Waals surface area (Å²) < 4.78 is 11.1. The number of furan rings is 1. The molecule has 3 heterocycles. The Morgan fingerprint density at radius 1 is 1.13 bits per heavy atom. The van der Waals surface area contributed by atoms with Gasteiger partial charge in [0.1, 0.15) is 6.07 Å². The fourth-order valence-corrected chi connectivity index (χ4v) is 3.53. The normalized spacial score (nSPS) is 14.1. The minimum atomic E-state index is -0.149. The Hall–Kier alpha value is -4.06. The third-order valence-electron chi connectivity index (χ3n) is 5.07. The molecule has 4 rings (SSSR count). The molecule has 1 aliphatic heterocycles. The monoisotopic (exact) mass is 419 g/mol. The van der Waals surface area contributed by atoms with E-state index in [2.05, 4.69) is 21.7 Å². The SMILES string of the molecule is CC(=O)Nc1ccc(NC(=O)C2CCN(c3oc(-c4ccco4)nc3C#N)CC2)cc1. The van der Waals surface area contributed by atoms with Crippen LogP contribution in [0.4, 0.5) is 17.3 Å². The van der Waals surface area contributed by atoms with Crippen molar-refractivity contribution in [1.82, 2.24) is 4.98 Å². The summed E-state index contributed by atoms with van der Waals surface area (Å²) in [5.74, 6) is 0.777. The lowest BCUT2D eigenvalue weighted by atomic mass is 9.96. The molecule has 0 atom stereocenters. The van der Waals surface area contributed by atoms with Gasteiger partial charge >= 0.3 is 0 Å². The molecule has 0 unspecified atom stereocenters. The fourth-order valence-electron chi connectivity index (χ4n) is 3.53. The topological polar surface area (TPSA) is 124 Å². The maximum atomic E-state index is 12.7. The average Bonchev–Trinajstić information content (AvgIpc) is 3.44. The van der Waals surface area contributed by atoms with E-state index in [1.54, 1.807) is 36.4 Å². The van der Waals surface area contributed by atoms with Crippen LogP contribution in [0.1, 0.15) is 25.5 Å². The molecule has 2 amide bonds. The molecule has 2 N–H and O–H groups in total. The third kappa shape index (κ3) is 4.59. The van der Waals surface area contributed by atoms with Crippen LogP contribution >= 0.6 is 0 Å². The Bertz CT molecular complexity index is 1100. The van der Waals surface area contributed by atoms with Gasteiger partial charge in [-0.2, -0.15) is 10.2 Å². The van der Waals surface area contributed by atoms with Gasteiger partial charge in [-0.1, -0.05) is 0 Å². The Balaban J connectivity index is 1.36. The summed E-state index contributed by atoms with van der Waals surface area (Å²) >= 11 is 0. The first-order chi connectivity index (χ1) is 15.0. The highest BCUT2D eigenvalue weighted by Crippen LogP contribution is 2.31. The number of nitrogens with one attached hydrogen (secondary N) is 2. The van der Waals surface area contributed by atoms with Crippen molar-refractivity contribution in [3.8, 4) is 17.7 Å². The smallest absolute Gasteiger partial charge is 0.266 e. The summed E-state index contributed by atoms with van der Waals surface area (Å²) in [6.07, 6.45) is 2.76. The van der Waals surface area contributed by atoms with Crippen molar-refractivity contribution < 1.29 is 18.4 Å². The highest BCUT2D eigenvalue weighted by Gasteiger charge is 2.29. The van der Waals surface area contributed by atoms with Crippen LogP contribution < -0.4 is 15.5 Å². The van der Waals surface area contributed by atoms with Gasteiger partial charge in [0.15, 0.2) is 5.76 Å². The largest absolute Gasteiger partial charge is 0.459 e. The van der Waals surface area contributed by atoms with Crippen molar-refractivity contribution in [2.45, 2.75) is 19.8 Å². The number of carbonyl (C=O) groups excluding carboxylic acids is 2. The number of rotatable bonds is 5. The summed E-state index contributed by atoms with van der Waals surface area (Å²) in [6, 6.07) is 12.5. The number of nitrogens with zero attached hydrogens (tertiary/aromatic N) is 3. The second-order valence-corrected chi connectivity index (χ2v) is 7.27. The van der Waals surface area contributed by atoms with Crippen molar-refractivity contribution in [1.29, 1.82) is 5.26 Å². The zero-order valence-electron chi connectivity index (χ0n) is 16.9. The first-order valence-corrected chi connectivity index (χ1v) is 9.92. The lowest BCUT2D eigenvalue weighted by Gasteiger charge is -2.30. The predicted molar refractivity (Wildman–Crippen MR) is 113 cm³/mol. The number of hydrogen-bond donors (Lipinski definition) is 2. The van der Waals surface area contributed by atoms with Gasteiger partial charge in [0.2, 0.25) is 23.4 Å². The van der Waals surface area contributed by atoms with Gasteiger partial charge in [-0.05, 0) is 49.2 Å². The second-order valence-electron chi connectivity index (χ2n) is 7.27. The highest BCUT2D eigenvalue weighted by molar-refractivity contribution is 5.93. The molecule has 31 heavy (non-hydrogen) atoms. The van der Waals surface area contributed by atoms with Crippen LogP contribution in [0.15, 0.2) is 51.5 Å². The molecule has 1 saturated heterocycles. The number of benzene rings is 1. The van der Waals surface area contributed by atoms with E-state index in [9.17, 15) is 14.9 Å². The van der Waals surface area contributed by atoms with Gasteiger partial charge in [0.25, 0.3) is 5.89 Å². The van der Waals surface area contributed by atoms with E-state index in [1.807, 2.05) is 4.90 Å². The number of oxazole rings is 1. The van der Waals surface area contributed by atoms with E-state index in [4.69, 9.17) is 8.83 Å². The molecule has 1 aromatic carbocycles. The summed E-state index contributed by atoms with van der Waals surface area (Å²) in [6.45, 7) is 2.58. The Kier molecular flexibility index (Phi) is 5.71. The molecule has 0 saturated carbocycles. The van der Waals surface area contributed by atoms with Gasteiger partial charge in [-0.15, -0.1) is 0 Å². The van der Waals surface area contributed by atoms with Crippen LogP contribution in [0.5, 0.6) is 0 Å². The van der Waals surface area contributed by atoms with Crippen LogP contribution in [0, 0.1) is 17.2 Å². The molecular formula is C22H21N5O4. The zero-order valence-corrected chi connectivity index (χ0v) is 16.9. The standard InChI is InChI=1S/C22H21N5O4/c1-14(28)24-16-4-6-17(7-5-16)25-20(29)15-8-10-27(11-9-15)22-18(13-23)26-21(31-22)19-3-2-12-30-19/h2-7,12,15H,8-11H2,1H3,(H,24,28)(H,25,29). The minimum Gasteiger partial charge on any atom is -0.459 e. The summed E-state index contributed by atoms with van der Waals surface area (Å²) in [7, 11) is 0. The van der Waals surface area contributed by atoms with E-state index in [1.165, 1.54) is 13.2 Å². The van der Waals surface area contributed by atoms with Crippen LogP contribution in [-0.2, 0) is 9.59 Å². The van der Waals surface area contributed by atoms with Crippen molar-refractivity contribution in [3.63, 3.8) is 0 Å². The van der Waals surface area contributed by atoms with Crippen molar-refractivity contribution in [2.24, 2.45) is 5.92 Å². The number of nitriles is 1. The average molecular weight is 419 g/mol. The Morgan fingerprint density at radius 2 is 1.81 bits per heavy atom. The van der Waals surface area contributed by atoms with Gasteiger partial charge in [-0.25, -0.2) is 0 Å². The quantitative estimate of drug-likeness (QED) is 0.647. The Labute approximate surface area is 178 Å². The second kappa shape index (κ2) is 8.75. The highest BCUT2D eigenvalue weighted by atomic mass is 16.4. The van der Waals surface area contributed by atoms with E-state index in [-0.39, 0.29) is 29.3 Å². The number of carbonyl (C=O) groups is 2. The fraction of sp³-hybridized carbons (Fsp3) is 0.273.